The second kappa shape index (κ2) is 5.90. The third-order valence-electron chi connectivity index (χ3n) is 2.67. The van der Waals surface area contributed by atoms with Crippen molar-refractivity contribution >= 4 is 33.2 Å². The quantitative estimate of drug-likeness (QED) is 0.891. The number of carbonyl (C=O) groups is 1. The predicted octanol–water partition coefficient (Wildman–Crippen LogP) is 2.52. The number of primary amides is 1. The second-order valence-corrected chi connectivity index (χ2v) is 6.24. The maximum Gasteiger partial charge on any atom is 0.267 e. The number of rotatable bonds is 4. The molecule has 0 fully saturated rings. The maximum atomic E-state index is 13.6. The molecule has 0 aliphatic carbocycles. The summed E-state index contributed by atoms with van der Waals surface area (Å²) in [6.45, 7) is 0. The highest BCUT2D eigenvalue weighted by Crippen LogP contribution is 2.24. The molecule has 0 heterocycles. The van der Waals surface area contributed by atoms with Crippen molar-refractivity contribution in [2.24, 2.45) is 5.73 Å². The van der Waals surface area contributed by atoms with Gasteiger partial charge in [0, 0.05) is 5.69 Å². The molecule has 5 nitrogen and oxygen atoms in total. The smallest absolute Gasteiger partial charge is 0.267 e. The lowest BCUT2D eigenvalue weighted by Crippen LogP contribution is -2.17. The van der Waals surface area contributed by atoms with Crippen molar-refractivity contribution < 1.29 is 22.0 Å². The molecule has 2 aromatic rings. The number of sulfonamides is 1. The van der Waals surface area contributed by atoms with Gasteiger partial charge in [0.15, 0.2) is 4.90 Å². The molecule has 0 unspecified atom stereocenters. The molecule has 0 aromatic heterocycles. The van der Waals surface area contributed by atoms with Crippen LogP contribution in [0, 0.1) is 11.6 Å². The fourth-order valence-electron chi connectivity index (χ4n) is 1.72. The number of hydrogen-bond acceptors (Lipinski definition) is 3. The van der Waals surface area contributed by atoms with E-state index in [-0.39, 0.29) is 16.3 Å². The average Bonchev–Trinajstić information content (AvgIpc) is 2.39. The van der Waals surface area contributed by atoms with Gasteiger partial charge in [-0.1, -0.05) is 17.7 Å². The zero-order chi connectivity index (χ0) is 16.5. The first-order valence-electron chi connectivity index (χ1n) is 5.78. The lowest BCUT2D eigenvalue weighted by molar-refractivity contribution is 0.100. The Morgan fingerprint density at radius 3 is 2.27 bits per heavy atom. The Morgan fingerprint density at radius 2 is 1.73 bits per heavy atom. The van der Waals surface area contributed by atoms with Gasteiger partial charge in [0.25, 0.3) is 10.0 Å². The van der Waals surface area contributed by atoms with Gasteiger partial charge in [-0.2, -0.15) is 0 Å². The van der Waals surface area contributed by atoms with Crippen molar-refractivity contribution in [2.75, 3.05) is 4.72 Å². The summed E-state index contributed by atoms with van der Waals surface area (Å²) in [6, 6.07) is 6.20. The van der Waals surface area contributed by atoms with Gasteiger partial charge in [-0.3, -0.25) is 9.52 Å². The van der Waals surface area contributed by atoms with Gasteiger partial charge >= 0.3 is 0 Å². The Balaban J connectivity index is 2.46. The van der Waals surface area contributed by atoms with Crippen LogP contribution in [0.2, 0.25) is 5.02 Å². The van der Waals surface area contributed by atoms with E-state index in [4.69, 9.17) is 17.3 Å². The number of halogens is 3. The Bertz CT molecular complexity index is 836. The van der Waals surface area contributed by atoms with Crippen LogP contribution in [0.25, 0.3) is 0 Å². The van der Waals surface area contributed by atoms with E-state index >= 15 is 0 Å². The van der Waals surface area contributed by atoms with Crippen molar-refractivity contribution in [2.45, 2.75) is 4.90 Å². The Kier molecular flexibility index (Phi) is 4.34. The van der Waals surface area contributed by atoms with E-state index in [1.54, 1.807) is 0 Å². The molecular formula is C13H9ClF2N2O3S. The van der Waals surface area contributed by atoms with E-state index in [1.807, 2.05) is 4.72 Å². The fraction of sp³-hybridized carbons (Fsp3) is 0. The van der Waals surface area contributed by atoms with Crippen LogP contribution in [0.5, 0.6) is 0 Å². The van der Waals surface area contributed by atoms with E-state index in [2.05, 4.69) is 0 Å². The minimum absolute atomic E-state index is 0.0209. The molecule has 0 atom stereocenters. The molecule has 1 amide bonds. The maximum absolute atomic E-state index is 13.6. The van der Waals surface area contributed by atoms with Crippen LogP contribution in [-0.2, 0) is 10.0 Å². The summed E-state index contributed by atoms with van der Waals surface area (Å²) in [6.07, 6.45) is 0. The fourth-order valence-corrected chi connectivity index (χ4v) is 3.12. The topological polar surface area (TPSA) is 89.3 Å². The van der Waals surface area contributed by atoms with Crippen molar-refractivity contribution in [3.8, 4) is 0 Å². The predicted molar refractivity (Wildman–Crippen MR) is 77.1 cm³/mol. The highest BCUT2D eigenvalue weighted by atomic mass is 35.5. The van der Waals surface area contributed by atoms with Crippen molar-refractivity contribution in [1.29, 1.82) is 0 Å². The molecule has 0 saturated heterocycles. The van der Waals surface area contributed by atoms with Crippen LogP contribution >= 0.6 is 11.6 Å². The molecule has 0 saturated carbocycles. The normalized spacial score (nSPS) is 11.2. The zero-order valence-electron chi connectivity index (χ0n) is 10.8. The van der Waals surface area contributed by atoms with Crippen LogP contribution in [0.3, 0.4) is 0 Å². The standard InChI is InChI=1S/C13H9ClF2N2O3S/c14-9-5-4-7(6-8(9)13(17)19)18-22(20,21)12-10(15)2-1-3-11(12)16/h1-6,18H,(H2,17,19). The molecule has 9 heteroatoms. The molecule has 0 spiro atoms. The number of amides is 1. The van der Waals surface area contributed by atoms with Crippen LogP contribution in [0.15, 0.2) is 41.3 Å². The number of hydrogen-bond donors (Lipinski definition) is 2. The summed E-state index contributed by atoms with van der Waals surface area (Å²) in [7, 11) is -4.53. The molecule has 0 aliphatic rings. The summed E-state index contributed by atoms with van der Waals surface area (Å²) in [4.78, 5) is 10.0. The van der Waals surface area contributed by atoms with Gasteiger partial charge in [-0.25, -0.2) is 17.2 Å². The molecule has 2 aromatic carbocycles. The second-order valence-electron chi connectivity index (χ2n) is 4.22. The third kappa shape index (κ3) is 3.18. The molecule has 0 bridgehead atoms. The minimum atomic E-state index is -4.53. The lowest BCUT2D eigenvalue weighted by atomic mass is 10.2. The summed E-state index contributed by atoms with van der Waals surface area (Å²) in [5.74, 6) is -3.35. The van der Waals surface area contributed by atoms with Gasteiger partial charge in [-0.15, -0.1) is 0 Å². The first-order valence-corrected chi connectivity index (χ1v) is 7.64. The number of nitrogens with two attached hydrogens (primary N) is 1. The highest BCUT2D eigenvalue weighted by molar-refractivity contribution is 7.92. The van der Waals surface area contributed by atoms with Gasteiger partial charge in [0.1, 0.15) is 11.6 Å². The molecule has 0 aliphatic heterocycles. The monoisotopic (exact) mass is 346 g/mol. The van der Waals surface area contributed by atoms with Crippen molar-refractivity contribution in [1.82, 2.24) is 0 Å². The van der Waals surface area contributed by atoms with E-state index < -0.39 is 32.5 Å². The first-order chi connectivity index (χ1) is 10.2. The lowest BCUT2D eigenvalue weighted by Gasteiger charge is -2.11. The molecule has 116 valence electrons. The first kappa shape index (κ1) is 16.2. The van der Waals surface area contributed by atoms with Gasteiger partial charge in [0.2, 0.25) is 5.91 Å². The molecular weight excluding hydrogens is 338 g/mol. The Morgan fingerprint density at radius 1 is 1.14 bits per heavy atom. The Labute approximate surface area is 129 Å². The van der Waals surface area contributed by atoms with E-state index in [9.17, 15) is 22.0 Å². The highest BCUT2D eigenvalue weighted by Gasteiger charge is 2.24. The summed E-state index contributed by atoms with van der Waals surface area (Å²) < 4.78 is 53.2. The molecule has 0 radical (unpaired) electrons. The minimum Gasteiger partial charge on any atom is -0.366 e. The summed E-state index contributed by atoms with van der Waals surface area (Å²) in [5, 5.41) is 0.0209. The summed E-state index contributed by atoms with van der Waals surface area (Å²) in [5.41, 5.74) is 4.85. The van der Waals surface area contributed by atoms with E-state index in [1.165, 1.54) is 12.1 Å². The van der Waals surface area contributed by atoms with Gasteiger partial charge < -0.3 is 5.73 Å². The SMILES string of the molecule is NC(=O)c1cc(NS(=O)(=O)c2c(F)cccc2F)ccc1Cl. The Hall–Kier alpha value is -2.19. The van der Waals surface area contributed by atoms with E-state index in [0.717, 1.165) is 24.3 Å². The van der Waals surface area contributed by atoms with Crippen molar-refractivity contribution in [3.63, 3.8) is 0 Å². The number of anilines is 1. The zero-order valence-corrected chi connectivity index (χ0v) is 12.4. The molecule has 22 heavy (non-hydrogen) atoms. The van der Waals surface area contributed by atoms with Crippen LogP contribution in [0.1, 0.15) is 10.4 Å². The van der Waals surface area contributed by atoms with Crippen LogP contribution < -0.4 is 10.5 Å². The summed E-state index contributed by atoms with van der Waals surface area (Å²) >= 11 is 5.73. The molecule has 2 rings (SSSR count). The van der Waals surface area contributed by atoms with Gasteiger partial charge in [-0.05, 0) is 30.3 Å². The van der Waals surface area contributed by atoms with Crippen LogP contribution in [0.4, 0.5) is 14.5 Å². The number of carbonyl (C=O) groups excluding carboxylic acids is 1. The molecule has 3 N–H and O–H groups in total. The third-order valence-corrected chi connectivity index (χ3v) is 4.43. The average molecular weight is 347 g/mol. The van der Waals surface area contributed by atoms with Gasteiger partial charge in [0.05, 0.1) is 10.6 Å². The number of nitrogens with one attached hydrogen (secondary N) is 1. The largest absolute Gasteiger partial charge is 0.366 e. The van der Waals surface area contributed by atoms with Crippen molar-refractivity contribution in [3.05, 3.63) is 58.6 Å². The van der Waals surface area contributed by atoms with E-state index in [0.29, 0.717) is 0 Å². The van der Waals surface area contributed by atoms with Crippen LogP contribution in [-0.4, -0.2) is 14.3 Å². The number of benzene rings is 2.